The van der Waals surface area contributed by atoms with Crippen molar-refractivity contribution in [3.8, 4) is 0 Å². The lowest BCUT2D eigenvalue weighted by Gasteiger charge is -2.26. The molecule has 4 heteroatoms. The van der Waals surface area contributed by atoms with E-state index in [1.807, 2.05) is 36.4 Å². The molecule has 1 aliphatic rings. The largest absolute Gasteiger partial charge is 0.339 e. The van der Waals surface area contributed by atoms with Crippen LogP contribution in [0.15, 0.2) is 36.4 Å². The number of nitrogens with zero attached hydrogens (tertiary/aromatic N) is 2. The molecule has 1 heterocycles. The van der Waals surface area contributed by atoms with Gasteiger partial charge < -0.3 is 5.32 Å². The Balaban J connectivity index is 1.84. The van der Waals surface area contributed by atoms with Gasteiger partial charge in [0.05, 0.1) is 0 Å². The van der Waals surface area contributed by atoms with E-state index in [0.717, 1.165) is 17.1 Å². The van der Waals surface area contributed by atoms with Crippen LogP contribution in [0.1, 0.15) is 30.7 Å². The summed E-state index contributed by atoms with van der Waals surface area (Å²) < 4.78 is 0. The van der Waals surface area contributed by atoms with E-state index in [1.165, 1.54) is 19.3 Å². The molecule has 18 heavy (non-hydrogen) atoms. The minimum atomic E-state index is 0.540. The first kappa shape index (κ1) is 11.5. The van der Waals surface area contributed by atoms with Crippen LogP contribution in [0.5, 0.6) is 0 Å². The molecule has 0 aliphatic heterocycles. The van der Waals surface area contributed by atoms with E-state index in [2.05, 4.69) is 15.5 Å². The fraction of sp³-hybridized carbons (Fsp3) is 0.286. The van der Waals surface area contributed by atoms with Crippen LogP contribution in [-0.2, 0) is 0 Å². The second kappa shape index (κ2) is 4.94. The lowest BCUT2D eigenvalue weighted by Crippen LogP contribution is -2.11. The van der Waals surface area contributed by atoms with E-state index in [0.29, 0.717) is 11.1 Å². The quantitative estimate of drug-likeness (QED) is 0.900. The number of benzene rings is 1. The van der Waals surface area contributed by atoms with Gasteiger partial charge in [0, 0.05) is 5.69 Å². The predicted molar refractivity (Wildman–Crippen MR) is 73.4 cm³/mol. The van der Waals surface area contributed by atoms with Crippen LogP contribution in [-0.4, -0.2) is 10.2 Å². The standard InChI is InChI=1S/C14H14ClN3/c15-14-12(10-5-4-6-10)9-13(17-18-14)16-11-7-2-1-3-8-11/h1-3,7-10H,4-6H2,(H,16,17). The Hall–Kier alpha value is -1.61. The maximum Gasteiger partial charge on any atom is 0.155 e. The highest BCUT2D eigenvalue weighted by molar-refractivity contribution is 6.30. The van der Waals surface area contributed by atoms with Gasteiger partial charge in [-0.15, -0.1) is 10.2 Å². The van der Waals surface area contributed by atoms with E-state index in [9.17, 15) is 0 Å². The zero-order chi connectivity index (χ0) is 12.4. The van der Waals surface area contributed by atoms with Gasteiger partial charge in [-0.05, 0) is 42.5 Å². The van der Waals surface area contributed by atoms with Gasteiger partial charge in [-0.1, -0.05) is 36.2 Å². The molecule has 1 fully saturated rings. The lowest BCUT2D eigenvalue weighted by molar-refractivity contribution is 0.418. The van der Waals surface area contributed by atoms with Crippen molar-refractivity contribution in [1.29, 1.82) is 0 Å². The van der Waals surface area contributed by atoms with Gasteiger partial charge in [-0.2, -0.15) is 0 Å². The van der Waals surface area contributed by atoms with Gasteiger partial charge in [0.25, 0.3) is 0 Å². The van der Waals surface area contributed by atoms with Crippen molar-refractivity contribution in [2.75, 3.05) is 5.32 Å². The second-order valence-corrected chi connectivity index (χ2v) is 4.95. The van der Waals surface area contributed by atoms with E-state index < -0.39 is 0 Å². The summed E-state index contributed by atoms with van der Waals surface area (Å²) in [5.41, 5.74) is 2.13. The molecule has 0 bridgehead atoms. The molecule has 1 aromatic heterocycles. The Bertz CT molecular complexity index is 538. The summed E-state index contributed by atoms with van der Waals surface area (Å²) in [5, 5.41) is 11.9. The van der Waals surface area contributed by atoms with E-state index >= 15 is 0 Å². The zero-order valence-electron chi connectivity index (χ0n) is 9.94. The van der Waals surface area contributed by atoms with E-state index in [1.54, 1.807) is 0 Å². The highest BCUT2D eigenvalue weighted by Crippen LogP contribution is 2.39. The third-order valence-corrected chi connectivity index (χ3v) is 3.66. The summed E-state index contributed by atoms with van der Waals surface area (Å²) in [6, 6.07) is 12.0. The summed E-state index contributed by atoms with van der Waals surface area (Å²) in [4.78, 5) is 0. The Labute approximate surface area is 111 Å². The van der Waals surface area contributed by atoms with E-state index in [-0.39, 0.29) is 0 Å². The summed E-state index contributed by atoms with van der Waals surface area (Å²) in [6.45, 7) is 0. The maximum atomic E-state index is 6.11. The molecule has 1 N–H and O–H groups in total. The number of hydrogen-bond acceptors (Lipinski definition) is 3. The molecule has 0 amide bonds. The highest BCUT2D eigenvalue weighted by Gasteiger charge is 2.23. The Morgan fingerprint density at radius 1 is 1.11 bits per heavy atom. The van der Waals surface area contributed by atoms with Crippen LogP contribution in [0.2, 0.25) is 5.15 Å². The summed E-state index contributed by atoms with van der Waals surface area (Å²) in [7, 11) is 0. The average molecular weight is 260 g/mol. The Kier molecular flexibility index (Phi) is 3.15. The molecule has 3 rings (SSSR count). The first-order valence-electron chi connectivity index (χ1n) is 6.18. The van der Waals surface area contributed by atoms with Gasteiger partial charge >= 0.3 is 0 Å². The summed E-state index contributed by atoms with van der Waals surface area (Å²) >= 11 is 6.11. The molecule has 0 unspecified atom stereocenters. The molecule has 0 saturated heterocycles. The molecule has 0 radical (unpaired) electrons. The SMILES string of the molecule is Clc1nnc(Nc2ccccc2)cc1C1CCC1. The predicted octanol–water partition coefficient (Wildman–Crippen LogP) is 4.14. The van der Waals surface area contributed by atoms with Crippen molar-refractivity contribution in [2.24, 2.45) is 0 Å². The maximum absolute atomic E-state index is 6.11. The summed E-state index contributed by atoms with van der Waals surface area (Å²) in [5.74, 6) is 1.32. The number of hydrogen-bond donors (Lipinski definition) is 1. The van der Waals surface area contributed by atoms with E-state index in [4.69, 9.17) is 11.6 Å². The molecule has 1 saturated carbocycles. The van der Waals surface area contributed by atoms with Gasteiger partial charge in [0.15, 0.2) is 11.0 Å². The lowest BCUT2D eigenvalue weighted by atomic mass is 9.81. The number of rotatable bonds is 3. The zero-order valence-corrected chi connectivity index (χ0v) is 10.7. The van der Waals surface area contributed by atoms with Gasteiger partial charge in [-0.3, -0.25) is 0 Å². The number of nitrogens with one attached hydrogen (secondary N) is 1. The minimum absolute atomic E-state index is 0.540. The molecule has 3 nitrogen and oxygen atoms in total. The normalized spacial score (nSPS) is 15.2. The smallest absolute Gasteiger partial charge is 0.155 e. The molecular weight excluding hydrogens is 246 g/mol. The van der Waals surface area contributed by atoms with Gasteiger partial charge in [0.2, 0.25) is 0 Å². The monoisotopic (exact) mass is 259 g/mol. The molecule has 1 aromatic carbocycles. The van der Waals surface area contributed by atoms with Crippen LogP contribution >= 0.6 is 11.6 Å². The molecule has 0 spiro atoms. The van der Waals surface area contributed by atoms with Crippen molar-refractivity contribution in [3.63, 3.8) is 0 Å². The van der Waals surface area contributed by atoms with Crippen molar-refractivity contribution >= 4 is 23.1 Å². The fourth-order valence-electron chi connectivity index (χ4n) is 2.13. The van der Waals surface area contributed by atoms with Crippen LogP contribution < -0.4 is 5.32 Å². The molecule has 2 aromatic rings. The summed E-state index contributed by atoms with van der Waals surface area (Å²) in [6.07, 6.45) is 3.69. The second-order valence-electron chi connectivity index (χ2n) is 4.59. The molecule has 92 valence electrons. The van der Waals surface area contributed by atoms with Crippen LogP contribution in [0, 0.1) is 0 Å². The number of aromatic nitrogens is 2. The van der Waals surface area contributed by atoms with Crippen molar-refractivity contribution in [1.82, 2.24) is 10.2 Å². The highest BCUT2D eigenvalue weighted by atomic mass is 35.5. The van der Waals surface area contributed by atoms with Crippen molar-refractivity contribution in [2.45, 2.75) is 25.2 Å². The third kappa shape index (κ3) is 2.31. The number of anilines is 2. The minimum Gasteiger partial charge on any atom is -0.339 e. The average Bonchev–Trinajstić information content (AvgIpc) is 2.33. The fourth-order valence-corrected chi connectivity index (χ4v) is 2.37. The van der Waals surface area contributed by atoms with Crippen LogP contribution in [0.3, 0.4) is 0 Å². The topological polar surface area (TPSA) is 37.8 Å². The van der Waals surface area contributed by atoms with Crippen LogP contribution in [0.4, 0.5) is 11.5 Å². The van der Waals surface area contributed by atoms with Crippen molar-refractivity contribution < 1.29 is 0 Å². The Morgan fingerprint density at radius 3 is 2.56 bits per heavy atom. The van der Waals surface area contributed by atoms with Crippen LogP contribution in [0.25, 0.3) is 0 Å². The third-order valence-electron chi connectivity index (χ3n) is 3.37. The van der Waals surface area contributed by atoms with Gasteiger partial charge in [-0.25, -0.2) is 0 Å². The van der Waals surface area contributed by atoms with Gasteiger partial charge in [0.1, 0.15) is 0 Å². The molecule has 0 atom stereocenters. The first-order valence-corrected chi connectivity index (χ1v) is 6.56. The number of para-hydroxylation sites is 1. The van der Waals surface area contributed by atoms with Crippen molar-refractivity contribution in [3.05, 3.63) is 47.1 Å². The molecular formula is C14H14ClN3. The number of halogens is 1. The molecule has 1 aliphatic carbocycles. The Morgan fingerprint density at radius 2 is 1.89 bits per heavy atom. The first-order chi connectivity index (χ1) is 8.83.